The molecule has 1 fully saturated rings. The highest BCUT2D eigenvalue weighted by Gasteiger charge is 2.32. The molecule has 0 aromatic heterocycles. The Hall–Kier alpha value is -0.850. The maximum atomic E-state index is 12.2. The number of hydrogen-bond donors (Lipinski definition) is 0. The first-order chi connectivity index (χ1) is 7.68. The van der Waals surface area contributed by atoms with E-state index in [9.17, 15) is 4.79 Å². The maximum absolute atomic E-state index is 12.2. The van der Waals surface area contributed by atoms with Crippen LogP contribution in [0.25, 0.3) is 0 Å². The Morgan fingerprint density at radius 1 is 1.38 bits per heavy atom. The van der Waals surface area contributed by atoms with Gasteiger partial charge in [-0.25, -0.2) is 0 Å². The monoisotopic (exact) mass is 218 g/mol. The Balaban J connectivity index is 1.94. The molecular formula is C15H22O. The molecule has 0 aromatic carbocycles. The molecule has 1 unspecified atom stereocenters. The fourth-order valence-electron chi connectivity index (χ4n) is 2.90. The zero-order chi connectivity index (χ0) is 11.5. The Kier molecular flexibility index (Phi) is 3.63. The number of allylic oxidation sites excluding steroid dienone is 4. The van der Waals surface area contributed by atoms with Crippen LogP contribution in [0, 0.1) is 11.8 Å². The number of rotatable bonds is 3. The van der Waals surface area contributed by atoms with Gasteiger partial charge in [-0.1, -0.05) is 30.6 Å². The van der Waals surface area contributed by atoms with Crippen LogP contribution >= 0.6 is 0 Å². The van der Waals surface area contributed by atoms with Crippen LogP contribution < -0.4 is 0 Å². The van der Waals surface area contributed by atoms with E-state index in [1.807, 2.05) is 0 Å². The summed E-state index contributed by atoms with van der Waals surface area (Å²) in [6.45, 7) is 4.20. The molecule has 0 bridgehead atoms. The summed E-state index contributed by atoms with van der Waals surface area (Å²) in [6, 6.07) is 0. The van der Waals surface area contributed by atoms with Crippen LogP contribution in [0.5, 0.6) is 0 Å². The van der Waals surface area contributed by atoms with Gasteiger partial charge in [0.05, 0.1) is 0 Å². The Morgan fingerprint density at radius 2 is 2.06 bits per heavy atom. The summed E-state index contributed by atoms with van der Waals surface area (Å²) in [5.74, 6) is 1.30. The molecule has 0 amide bonds. The van der Waals surface area contributed by atoms with E-state index < -0.39 is 0 Å². The number of carbonyl (C=O) groups excluding carboxylic acids is 1. The van der Waals surface area contributed by atoms with Crippen molar-refractivity contribution in [2.45, 2.75) is 52.4 Å². The average Bonchev–Trinajstić information content (AvgIpc) is 2.84. The SMILES string of the molecule is CC(C)=CCC1CC=C(C2CCCC2)C1=O. The summed E-state index contributed by atoms with van der Waals surface area (Å²) in [7, 11) is 0. The smallest absolute Gasteiger partial charge is 0.162 e. The minimum absolute atomic E-state index is 0.255. The van der Waals surface area contributed by atoms with Gasteiger partial charge in [-0.2, -0.15) is 0 Å². The largest absolute Gasteiger partial charge is 0.294 e. The predicted molar refractivity (Wildman–Crippen MR) is 67.2 cm³/mol. The first kappa shape index (κ1) is 11.6. The second-order valence-corrected chi connectivity index (χ2v) is 5.45. The van der Waals surface area contributed by atoms with E-state index in [0.29, 0.717) is 11.7 Å². The molecule has 1 heteroatoms. The lowest BCUT2D eigenvalue weighted by atomic mass is 9.91. The third-order valence-corrected chi connectivity index (χ3v) is 3.88. The summed E-state index contributed by atoms with van der Waals surface area (Å²) in [4.78, 5) is 12.2. The Bertz CT molecular complexity index is 325. The molecule has 0 radical (unpaired) electrons. The lowest BCUT2D eigenvalue weighted by Gasteiger charge is -2.11. The molecular weight excluding hydrogens is 196 g/mol. The zero-order valence-electron chi connectivity index (χ0n) is 10.5. The molecule has 2 aliphatic carbocycles. The van der Waals surface area contributed by atoms with Gasteiger partial charge < -0.3 is 0 Å². The molecule has 0 spiro atoms. The molecule has 1 nitrogen and oxygen atoms in total. The minimum Gasteiger partial charge on any atom is -0.294 e. The van der Waals surface area contributed by atoms with E-state index in [4.69, 9.17) is 0 Å². The number of ketones is 1. The zero-order valence-corrected chi connectivity index (χ0v) is 10.5. The van der Waals surface area contributed by atoms with Gasteiger partial charge in [0.25, 0.3) is 0 Å². The van der Waals surface area contributed by atoms with Crippen molar-refractivity contribution >= 4 is 5.78 Å². The van der Waals surface area contributed by atoms with Crippen molar-refractivity contribution in [3.63, 3.8) is 0 Å². The lowest BCUT2D eigenvalue weighted by molar-refractivity contribution is -0.118. The number of carbonyl (C=O) groups is 1. The molecule has 0 aliphatic heterocycles. The van der Waals surface area contributed by atoms with Crippen LogP contribution in [-0.4, -0.2) is 5.78 Å². The highest BCUT2D eigenvalue weighted by Crippen LogP contribution is 2.37. The second-order valence-electron chi connectivity index (χ2n) is 5.45. The number of hydrogen-bond acceptors (Lipinski definition) is 1. The molecule has 0 heterocycles. The van der Waals surface area contributed by atoms with Crippen molar-refractivity contribution < 1.29 is 4.79 Å². The van der Waals surface area contributed by atoms with Gasteiger partial charge in [0, 0.05) is 5.92 Å². The second kappa shape index (κ2) is 4.99. The van der Waals surface area contributed by atoms with Crippen LogP contribution in [0.4, 0.5) is 0 Å². The highest BCUT2D eigenvalue weighted by atomic mass is 16.1. The van der Waals surface area contributed by atoms with E-state index in [0.717, 1.165) is 12.8 Å². The van der Waals surface area contributed by atoms with Crippen molar-refractivity contribution in [1.29, 1.82) is 0 Å². The normalized spacial score (nSPS) is 26.0. The van der Waals surface area contributed by atoms with Crippen molar-refractivity contribution in [3.8, 4) is 0 Å². The molecule has 88 valence electrons. The number of Topliss-reactive ketones (excluding diaryl/α,β-unsaturated/α-hetero) is 1. The highest BCUT2D eigenvalue weighted by molar-refractivity contribution is 6.00. The fraction of sp³-hybridized carbons (Fsp3) is 0.667. The first-order valence-corrected chi connectivity index (χ1v) is 6.56. The fourth-order valence-corrected chi connectivity index (χ4v) is 2.90. The minimum atomic E-state index is 0.255. The van der Waals surface area contributed by atoms with Crippen LogP contribution in [-0.2, 0) is 4.79 Å². The van der Waals surface area contributed by atoms with Gasteiger partial charge in [-0.05, 0) is 51.0 Å². The van der Waals surface area contributed by atoms with Gasteiger partial charge in [0.2, 0.25) is 0 Å². The molecule has 1 saturated carbocycles. The Labute approximate surface area is 98.6 Å². The van der Waals surface area contributed by atoms with Crippen molar-refractivity contribution in [3.05, 3.63) is 23.3 Å². The van der Waals surface area contributed by atoms with Crippen molar-refractivity contribution in [2.75, 3.05) is 0 Å². The van der Waals surface area contributed by atoms with Gasteiger partial charge in [0.1, 0.15) is 0 Å². The van der Waals surface area contributed by atoms with Crippen molar-refractivity contribution in [1.82, 2.24) is 0 Å². The third kappa shape index (κ3) is 2.45. The van der Waals surface area contributed by atoms with Crippen LogP contribution in [0.2, 0.25) is 0 Å². The first-order valence-electron chi connectivity index (χ1n) is 6.56. The third-order valence-electron chi connectivity index (χ3n) is 3.88. The summed E-state index contributed by atoms with van der Waals surface area (Å²) in [5, 5.41) is 0. The van der Waals surface area contributed by atoms with E-state index >= 15 is 0 Å². The van der Waals surface area contributed by atoms with E-state index in [-0.39, 0.29) is 5.92 Å². The average molecular weight is 218 g/mol. The van der Waals surface area contributed by atoms with Gasteiger partial charge in [0.15, 0.2) is 5.78 Å². The maximum Gasteiger partial charge on any atom is 0.162 e. The van der Waals surface area contributed by atoms with Crippen LogP contribution in [0.1, 0.15) is 52.4 Å². The standard InChI is InChI=1S/C15H22O/c1-11(2)7-8-13-9-10-14(15(13)16)12-5-3-4-6-12/h7,10,12-13H,3-6,8-9H2,1-2H3. The summed E-state index contributed by atoms with van der Waals surface area (Å²) >= 11 is 0. The molecule has 2 aliphatic rings. The van der Waals surface area contributed by atoms with Crippen LogP contribution in [0.15, 0.2) is 23.3 Å². The van der Waals surface area contributed by atoms with E-state index in [2.05, 4.69) is 26.0 Å². The molecule has 0 N–H and O–H groups in total. The lowest BCUT2D eigenvalue weighted by Crippen LogP contribution is -2.14. The molecule has 0 saturated heterocycles. The van der Waals surface area contributed by atoms with E-state index in [1.165, 1.54) is 36.8 Å². The van der Waals surface area contributed by atoms with Gasteiger partial charge >= 0.3 is 0 Å². The van der Waals surface area contributed by atoms with Crippen molar-refractivity contribution in [2.24, 2.45) is 11.8 Å². The summed E-state index contributed by atoms with van der Waals surface area (Å²) in [6.07, 6.45) is 11.5. The molecule has 0 aromatic rings. The molecule has 16 heavy (non-hydrogen) atoms. The quantitative estimate of drug-likeness (QED) is 0.653. The van der Waals surface area contributed by atoms with Gasteiger partial charge in [-0.3, -0.25) is 4.79 Å². The van der Waals surface area contributed by atoms with Crippen LogP contribution in [0.3, 0.4) is 0 Å². The summed E-state index contributed by atoms with van der Waals surface area (Å²) < 4.78 is 0. The predicted octanol–water partition coefficient (Wildman–Crippen LogP) is 4.05. The van der Waals surface area contributed by atoms with Gasteiger partial charge in [-0.15, -0.1) is 0 Å². The molecule has 1 atom stereocenters. The molecule has 2 rings (SSSR count). The Morgan fingerprint density at radius 3 is 2.69 bits per heavy atom. The summed E-state index contributed by atoms with van der Waals surface area (Å²) in [5.41, 5.74) is 2.49. The topological polar surface area (TPSA) is 17.1 Å². The van der Waals surface area contributed by atoms with E-state index in [1.54, 1.807) is 0 Å².